The van der Waals surface area contributed by atoms with Gasteiger partial charge < -0.3 is 8.85 Å². The van der Waals surface area contributed by atoms with Crippen LogP contribution in [-0.2, 0) is 8.85 Å². The first-order valence-corrected chi connectivity index (χ1v) is 6.91. The van der Waals surface area contributed by atoms with Crippen molar-refractivity contribution < 1.29 is 8.85 Å². The molecule has 0 N–H and O–H groups in total. The molecule has 0 heterocycles. The Bertz CT molecular complexity index is 88.4. The molecule has 2 nitrogen and oxygen atoms in total. The van der Waals surface area contributed by atoms with E-state index in [1.54, 1.807) is 7.11 Å². The van der Waals surface area contributed by atoms with Gasteiger partial charge in [0.25, 0.3) is 0 Å². The lowest BCUT2D eigenvalue weighted by atomic mass is 10.6. The summed E-state index contributed by atoms with van der Waals surface area (Å²) in [7, 11) is -0.0750. The monoisotopic (exact) mass is 194 g/mol. The maximum absolute atomic E-state index is 5.55. The lowest BCUT2D eigenvalue weighted by molar-refractivity contribution is 0.234. The van der Waals surface area contributed by atoms with E-state index in [-0.39, 0.29) is 0 Å². The van der Waals surface area contributed by atoms with Gasteiger partial charge in [-0.3, -0.25) is 0 Å². The maximum Gasteiger partial charge on any atom is 0.338 e. The highest BCUT2D eigenvalue weighted by Gasteiger charge is 2.32. The van der Waals surface area contributed by atoms with E-state index in [1.807, 2.05) is 0 Å². The molecular weight excluding hydrogens is 176 g/mol. The van der Waals surface area contributed by atoms with Crippen molar-refractivity contribution in [2.24, 2.45) is 0 Å². The molecular formula is C7H18O2SSi. The molecule has 0 aliphatic carbocycles. The average Bonchev–Trinajstić information content (AvgIpc) is 2.04. The fourth-order valence-corrected chi connectivity index (χ4v) is 4.17. The Morgan fingerprint density at radius 2 is 2.00 bits per heavy atom. The highest BCUT2D eigenvalue weighted by atomic mass is 32.1. The van der Waals surface area contributed by atoms with E-state index in [0.717, 1.165) is 18.5 Å². The Labute approximate surface area is 75.9 Å². The van der Waals surface area contributed by atoms with Crippen molar-refractivity contribution in [3.05, 3.63) is 0 Å². The van der Waals surface area contributed by atoms with Crippen molar-refractivity contribution in [2.75, 3.05) is 13.0 Å². The summed E-state index contributed by atoms with van der Waals surface area (Å²) in [5.74, 6) is 0.480. The van der Waals surface area contributed by atoms with Gasteiger partial charge in [-0.25, -0.2) is 0 Å². The number of hydrogen-bond donors (Lipinski definition) is 1. The first-order valence-electron chi connectivity index (χ1n) is 4.04. The molecule has 0 fully saturated rings. The lowest BCUT2D eigenvalue weighted by Crippen LogP contribution is -2.39. The zero-order valence-corrected chi connectivity index (χ0v) is 9.49. The minimum Gasteiger partial charge on any atom is -0.398 e. The summed E-state index contributed by atoms with van der Waals surface area (Å²) in [6.07, 6.45) is 1.13. The average molecular weight is 194 g/mol. The van der Waals surface area contributed by atoms with Crippen LogP contribution in [0.3, 0.4) is 0 Å². The van der Waals surface area contributed by atoms with Crippen LogP contribution in [0.2, 0.25) is 12.1 Å². The summed E-state index contributed by atoms with van der Waals surface area (Å²) in [4.78, 5) is 0. The summed E-state index contributed by atoms with van der Waals surface area (Å²) >= 11 is 4.05. The molecule has 0 aliphatic rings. The van der Waals surface area contributed by atoms with Gasteiger partial charge in [0.1, 0.15) is 0 Å². The molecule has 1 unspecified atom stereocenters. The third-order valence-electron chi connectivity index (χ3n) is 1.87. The molecule has 0 aliphatic heterocycles. The second-order valence-corrected chi connectivity index (χ2v) is 6.48. The summed E-state index contributed by atoms with van der Waals surface area (Å²) < 4.78 is 11.0. The Morgan fingerprint density at radius 1 is 1.36 bits per heavy atom. The normalized spacial score (nSPS) is 16.4. The fourth-order valence-electron chi connectivity index (χ4n) is 1.15. The second kappa shape index (κ2) is 6.05. The predicted molar refractivity (Wildman–Crippen MR) is 53.3 cm³/mol. The molecule has 0 saturated heterocycles. The van der Waals surface area contributed by atoms with Gasteiger partial charge in [0.2, 0.25) is 0 Å². The van der Waals surface area contributed by atoms with Gasteiger partial charge in [0, 0.05) is 7.11 Å². The predicted octanol–water partition coefficient (Wildman–Crippen LogP) is 2.41. The van der Waals surface area contributed by atoms with Crippen LogP contribution in [-0.4, -0.2) is 21.6 Å². The van der Waals surface area contributed by atoms with Gasteiger partial charge in [0.05, 0.1) is 5.94 Å². The van der Waals surface area contributed by atoms with E-state index in [0.29, 0.717) is 5.94 Å². The first kappa shape index (κ1) is 11.5. The summed E-state index contributed by atoms with van der Waals surface area (Å²) in [5.41, 5.74) is 0. The Balaban J connectivity index is 3.96. The summed E-state index contributed by atoms with van der Waals surface area (Å²) in [6.45, 7) is 4.27. The topological polar surface area (TPSA) is 18.5 Å². The number of rotatable bonds is 6. The molecule has 0 aromatic carbocycles. The van der Waals surface area contributed by atoms with Gasteiger partial charge in [-0.2, -0.15) is 12.6 Å². The van der Waals surface area contributed by atoms with Crippen LogP contribution in [0.15, 0.2) is 0 Å². The molecule has 11 heavy (non-hydrogen) atoms. The Morgan fingerprint density at radius 3 is 2.27 bits per heavy atom. The smallest absolute Gasteiger partial charge is 0.338 e. The van der Waals surface area contributed by atoms with Gasteiger partial charge >= 0.3 is 8.56 Å². The van der Waals surface area contributed by atoms with Crippen LogP contribution in [0.1, 0.15) is 20.3 Å². The van der Waals surface area contributed by atoms with Gasteiger partial charge in [-0.05, 0) is 12.1 Å². The van der Waals surface area contributed by atoms with Crippen LogP contribution in [0.25, 0.3) is 0 Å². The molecule has 0 bridgehead atoms. The fraction of sp³-hybridized carbons (Fsp3) is 1.00. The summed E-state index contributed by atoms with van der Waals surface area (Å²) in [6, 6.07) is 2.08. The third-order valence-corrected chi connectivity index (χ3v) is 5.99. The quantitative estimate of drug-likeness (QED) is 0.398. The minimum atomic E-state index is -1.82. The zero-order chi connectivity index (χ0) is 8.74. The SMILES string of the molecule is CCC[Si](CC)(OC)OCS. The molecule has 1 atom stereocenters. The van der Waals surface area contributed by atoms with Crippen LogP contribution < -0.4 is 0 Å². The van der Waals surface area contributed by atoms with Crippen LogP contribution in [0.4, 0.5) is 0 Å². The molecule has 68 valence electrons. The van der Waals surface area contributed by atoms with Crippen molar-refractivity contribution in [3.63, 3.8) is 0 Å². The molecule has 0 saturated carbocycles. The van der Waals surface area contributed by atoms with E-state index < -0.39 is 8.56 Å². The molecule has 0 aromatic rings. The van der Waals surface area contributed by atoms with Crippen LogP contribution in [0, 0.1) is 0 Å². The van der Waals surface area contributed by atoms with Gasteiger partial charge in [0.15, 0.2) is 0 Å². The van der Waals surface area contributed by atoms with Gasteiger partial charge in [-0.1, -0.05) is 20.3 Å². The molecule has 0 aromatic heterocycles. The standard InChI is InChI=1S/C7H18O2SSi/c1-4-6-11(5-2,8-3)9-7-10/h10H,4-7H2,1-3H3. The van der Waals surface area contributed by atoms with Gasteiger partial charge in [-0.15, -0.1) is 0 Å². The Kier molecular flexibility index (Phi) is 6.32. The van der Waals surface area contributed by atoms with E-state index in [9.17, 15) is 0 Å². The van der Waals surface area contributed by atoms with Crippen molar-refractivity contribution in [3.8, 4) is 0 Å². The molecule has 0 amide bonds. The molecule has 0 radical (unpaired) electrons. The number of hydrogen-bond acceptors (Lipinski definition) is 3. The number of thiol groups is 1. The maximum atomic E-state index is 5.55. The van der Waals surface area contributed by atoms with Crippen LogP contribution in [0.5, 0.6) is 0 Å². The van der Waals surface area contributed by atoms with Crippen molar-refractivity contribution >= 4 is 21.2 Å². The van der Waals surface area contributed by atoms with E-state index in [2.05, 4.69) is 26.5 Å². The molecule has 4 heteroatoms. The minimum absolute atomic E-state index is 0.480. The van der Waals surface area contributed by atoms with E-state index in [4.69, 9.17) is 8.85 Å². The van der Waals surface area contributed by atoms with Crippen molar-refractivity contribution in [1.29, 1.82) is 0 Å². The van der Waals surface area contributed by atoms with E-state index in [1.165, 1.54) is 0 Å². The van der Waals surface area contributed by atoms with Crippen molar-refractivity contribution in [2.45, 2.75) is 32.4 Å². The van der Waals surface area contributed by atoms with E-state index >= 15 is 0 Å². The van der Waals surface area contributed by atoms with Crippen LogP contribution >= 0.6 is 12.6 Å². The zero-order valence-electron chi connectivity index (χ0n) is 7.59. The van der Waals surface area contributed by atoms with Crippen molar-refractivity contribution in [1.82, 2.24) is 0 Å². The lowest BCUT2D eigenvalue weighted by Gasteiger charge is -2.26. The third kappa shape index (κ3) is 3.60. The summed E-state index contributed by atoms with van der Waals surface area (Å²) in [5, 5.41) is 0. The molecule has 0 spiro atoms. The largest absolute Gasteiger partial charge is 0.398 e. The highest BCUT2D eigenvalue weighted by molar-refractivity contribution is 7.80. The highest BCUT2D eigenvalue weighted by Crippen LogP contribution is 2.19. The molecule has 0 rings (SSSR count). The second-order valence-electron chi connectivity index (χ2n) is 2.49. The first-order chi connectivity index (χ1) is 5.24. The Hall–Kier alpha value is 0.487.